The summed E-state index contributed by atoms with van der Waals surface area (Å²) in [6.45, 7) is 1.29. The fourth-order valence-corrected chi connectivity index (χ4v) is 2.81. The Labute approximate surface area is 149 Å². The van der Waals surface area contributed by atoms with Gasteiger partial charge in [0.25, 0.3) is 5.56 Å². The van der Waals surface area contributed by atoms with E-state index in [1.807, 2.05) is 0 Å². The van der Waals surface area contributed by atoms with E-state index in [0.29, 0.717) is 11.3 Å². The molecule has 2 N–H and O–H groups in total. The first-order valence-corrected chi connectivity index (χ1v) is 8.07. The van der Waals surface area contributed by atoms with Crippen molar-refractivity contribution in [1.82, 2.24) is 9.13 Å². The van der Waals surface area contributed by atoms with E-state index in [4.69, 9.17) is 9.47 Å². The molecule has 8 nitrogen and oxygen atoms in total. The molecule has 1 aliphatic rings. The summed E-state index contributed by atoms with van der Waals surface area (Å²) in [6, 6.07) is 7.05. The summed E-state index contributed by atoms with van der Waals surface area (Å²) in [5, 5.41) is 19.0. The second kappa shape index (κ2) is 7.19. The van der Waals surface area contributed by atoms with Crippen LogP contribution in [0.5, 0.6) is 5.75 Å². The number of hydrogen-bond acceptors (Lipinski definition) is 6. The molecule has 0 aliphatic carbocycles. The van der Waals surface area contributed by atoms with Gasteiger partial charge >= 0.3 is 5.69 Å². The van der Waals surface area contributed by atoms with E-state index in [0.717, 1.165) is 10.1 Å². The van der Waals surface area contributed by atoms with Crippen molar-refractivity contribution in [1.29, 1.82) is 0 Å². The van der Waals surface area contributed by atoms with Crippen molar-refractivity contribution in [3.05, 3.63) is 74.3 Å². The van der Waals surface area contributed by atoms with Crippen LogP contribution in [0.4, 0.5) is 0 Å². The maximum Gasteiger partial charge on any atom is 0.333 e. The van der Waals surface area contributed by atoms with Crippen LogP contribution in [0.25, 0.3) is 0 Å². The molecule has 2 atom stereocenters. The third-order valence-corrected chi connectivity index (χ3v) is 4.25. The number of aliphatic hydroxyl groups is 2. The molecule has 2 heterocycles. The van der Waals surface area contributed by atoms with Crippen molar-refractivity contribution in [3.8, 4) is 5.75 Å². The maximum absolute atomic E-state index is 12.8. The lowest BCUT2D eigenvalue weighted by Gasteiger charge is -2.17. The third-order valence-electron chi connectivity index (χ3n) is 4.25. The second-order valence-electron chi connectivity index (χ2n) is 6.03. The number of aromatic nitrogens is 2. The van der Waals surface area contributed by atoms with Gasteiger partial charge in [-0.3, -0.25) is 13.9 Å². The van der Waals surface area contributed by atoms with E-state index >= 15 is 0 Å². The molecule has 26 heavy (non-hydrogen) atoms. The van der Waals surface area contributed by atoms with Gasteiger partial charge in [-0.15, -0.1) is 0 Å². The van der Waals surface area contributed by atoms with Gasteiger partial charge in [0.05, 0.1) is 20.3 Å². The Hall–Kier alpha value is -2.84. The highest BCUT2D eigenvalue weighted by Crippen LogP contribution is 2.24. The Bertz CT molecular complexity index is 942. The number of ether oxygens (including phenoxy) is 2. The number of aliphatic hydroxyl groups excluding tert-OH is 2. The van der Waals surface area contributed by atoms with E-state index in [1.165, 1.54) is 16.8 Å². The van der Waals surface area contributed by atoms with Crippen LogP contribution in [0.3, 0.4) is 0 Å². The highest BCUT2D eigenvalue weighted by molar-refractivity contribution is 5.27. The molecule has 8 heteroatoms. The molecular weight excluding hydrogens is 340 g/mol. The summed E-state index contributed by atoms with van der Waals surface area (Å²) in [7, 11) is 1.56. The molecule has 3 rings (SSSR count). The summed E-state index contributed by atoms with van der Waals surface area (Å²) in [5.41, 5.74) is 0.166. The minimum atomic E-state index is -0.888. The van der Waals surface area contributed by atoms with Gasteiger partial charge in [0.15, 0.2) is 6.23 Å². The van der Waals surface area contributed by atoms with Crippen molar-refractivity contribution < 1.29 is 19.7 Å². The first-order chi connectivity index (χ1) is 12.4. The average molecular weight is 360 g/mol. The number of aryl methyl sites for hydroxylation is 1. The van der Waals surface area contributed by atoms with Crippen LogP contribution in [-0.2, 0) is 11.3 Å². The van der Waals surface area contributed by atoms with Gasteiger partial charge in [0.2, 0.25) is 0 Å². The Morgan fingerprint density at radius 2 is 1.92 bits per heavy atom. The molecule has 0 bridgehead atoms. The molecule has 0 saturated carbocycles. The topological polar surface area (TPSA) is 103 Å². The average Bonchev–Trinajstić information content (AvgIpc) is 3.02. The van der Waals surface area contributed by atoms with Gasteiger partial charge in [-0.1, -0.05) is 12.1 Å². The third kappa shape index (κ3) is 3.29. The van der Waals surface area contributed by atoms with Crippen LogP contribution in [0, 0.1) is 6.92 Å². The van der Waals surface area contributed by atoms with Gasteiger partial charge < -0.3 is 19.7 Å². The van der Waals surface area contributed by atoms with Crippen LogP contribution >= 0.6 is 0 Å². The molecule has 0 fully saturated rings. The van der Waals surface area contributed by atoms with Crippen LogP contribution < -0.4 is 16.0 Å². The SMILES string of the molecule is COc1ccc(Cn2c(=O)c(C)cn(C3C=C(O)[C@@H](CO)O3)c2=O)cc1. The molecule has 1 unspecified atom stereocenters. The molecule has 0 radical (unpaired) electrons. The quantitative estimate of drug-likeness (QED) is 0.814. The zero-order valence-corrected chi connectivity index (χ0v) is 14.5. The number of methoxy groups -OCH3 is 1. The molecule has 0 spiro atoms. The van der Waals surface area contributed by atoms with Gasteiger partial charge in [-0.2, -0.15) is 0 Å². The van der Waals surface area contributed by atoms with Crippen LogP contribution in [-0.4, -0.2) is 39.2 Å². The fraction of sp³-hybridized carbons (Fsp3) is 0.333. The molecule has 2 aromatic rings. The second-order valence-corrected chi connectivity index (χ2v) is 6.03. The van der Waals surface area contributed by atoms with E-state index in [1.54, 1.807) is 38.3 Å². The maximum atomic E-state index is 12.8. The first-order valence-electron chi connectivity index (χ1n) is 8.07. The lowest BCUT2D eigenvalue weighted by atomic mass is 10.2. The van der Waals surface area contributed by atoms with Crippen molar-refractivity contribution in [2.24, 2.45) is 0 Å². The van der Waals surface area contributed by atoms with Crippen molar-refractivity contribution in [2.45, 2.75) is 25.8 Å². The molecular formula is C18H20N2O6. The number of rotatable bonds is 5. The summed E-state index contributed by atoms with van der Waals surface area (Å²) < 4.78 is 12.9. The Kier molecular flexibility index (Phi) is 4.97. The van der Waals surface area contributed by atoms with Crippen LogP contribution in [0.15, 0.2) is 51.9 Å². The van der Waals surface area contributed by atoms with Gasteiger partial charge in [0.1, 0.15) is 17.6 Å². The van der Waals surface area contributed by atoms with Gasteiger partial charge in [0, 0.05) is 17.8 Å². The summed E-state index contributed by atoms with van der Waals surface area (Å²) in [5.74, 6) is 0.535. The van der Waals surface area contributed by atoms with Gasteiger partial charge in [-0.25, -0.2) is 4.79 Å². The number of hydrogen-bond donors (Lipinski definition) is 2. The van der Waals surface area contributed by atoms with Crippen molar-refractivity contribution in [3.63, 3.8) is 0 Å². The predicted molar refractivity (Wildman–Crippen MR) is 93.5 cm³/mol. The molecule has 0 saturated heterocycles. The van der Waals surface area contributed by atoms with Gasteiger partial charge in [-0.05, 0) is 24.6 Å². The van der Waals surface area contributed by atoms with E-state index in [2.05, 4.69) is 0 Å². The predicted octanol–water partition coefficient (Wildman–Crippen LogP) is 0.707. The van der Waals surface area contributed by atoms with E-state index < -0.39 is 30.2 Å². The van der Waals surface area contributed by atoms with E-state index in [9.17, 15) is 19.8 Å². The first kappa shape index (κ1) is 18.0. The minimum absolute atomic E-state index is 0.0924. The largest absolute Gasteiger partial charge is 0.510 e. The summed E-state index contributed by atoms with van der Waals surface area (Å²) in [4.78, 5) is 25.3. The standard InChI is InChI=1S/C18H20N2O6/c1-11-8-19(16-7-14(22)15(10-21)26-16)18(24)20(17(11)23)9-12-3-5-13(25-2)6-4-12/h3-8,15-16,21-22H,9-10H2,1-2H3/t15-,16?/m1/s1. The van der Waals surface area contributed by atoms with Crippen molar-refractivity contribution >= 4 is 0 Å². The Morgan fingerprint density at radius 1 is 1.23 bits per heavy atom. The molecule has 1 aromatic heterocycles. The normalized spacial score (nSPS) is 19.4. The number of nitrogens with zero attached hydrogens (tertiary/aromatic N) is 2. The summed E-state index contributed by atoms with van der Waals surface area (Å²) >= 11 is 0. The molecule has 0 amide bonds. The molecule has 138 valence electrons. The molecule has 1 aromatic carbocycles. The smallest absolute Gasteiger partial charge is 0.333 e. The zero-order chi connectivity index (χ0) is 18.8. The Morgan fingerprint density at radius 3 is 2.50 bits per heavy atom. The molecule has 1 aliphatic heterocycles. The Balaban J connectivity index is 1.99. The lowest BCUT2D eigenvalue weighted by molar-refractivity contribution is -0.0256. The van der Waals surface area contributed by atoms with E-state index in [-0.39, 0.29) is 12.3 Å². The minimum Gasteiger partial charge on any atom is -0.510 e. The monoisotopic (exact) mass is 360 g/mol. The number of benzene rings is 1. The van der Waals surface area contributed by atoms with Crippen LogP contribution in [0.1, 0.15) is 17.4 Å². The van der Waals surface area contributed by atoms with Crippen molar-refractivity contribution in [2.75, 3.05) is 13.7 Å². The highest BCUT2D eigenvalue weighted by atomic mass is 16.5. The summed E-state index contributed by atoms with van der Waals surface area (Å²) in [6.07, 6.45) is 0.961. The van der Waals surface area contributed by atoms with Crippen LogP contribution in [0.2, 0.25) is 0 Å². The fourth-order valence-electron chi connectivity index (χ4n) is 2.81. The highest BCUT2D eigenvalue weighted by Gasteiger charge is 2.29. The zero-order valence-electron chi connectivity index (χ0n) is 14.5. The lowest BCUT2D eigenvalue weighted by Crippen LogP contribution is -2.42.